The third kappa shape index (κ3) is 2.14. The predicted octanol–water partition coefficient (Wildman–Crippen LogP) is 3.24. The number of aryl methyl sites for hydroxylation is 1. The Morgan fingerprint density at radius 1 is 1.33 bits per heavy atom. The van der Waals surface area contributed by atoms with Gasteiger partial charge in [0.15, 0.2) is 0 Å². The number of pyridine rings is 1. The van der Waals surface area contributed by atoms with E-state index in [1.54, 1.807) is 0 Å². The van der Waals surface area contributed by atoms with Crippen molar-refractivity contribution in [3.8, 4) is 0 Å². The first kappa shape index (κ1) is 10.5. The van der Waals surface area contributed by atoms with Crippen molar-refractivity contribution in [3.63, 3.8) is 0 Å². The van der Waals surface area contributed by atoms with Crippen molar-refractivity contribution in [1.82, 2.24) is 4.98 Å². The number of hydrogen-bond acceptors (Lipinski definition) is 2. The van der Waals surface area contributed by atoms with Crippen molar-refractivity contribution in [2.45, 2.75) is 39.7 Å². The highest BCUT2D eigenvalue weighted by Gasteiger charge is 2.29. The lowest BCUT2D eigenvalue weighted by molar-refractivity contribution is 0.435. The first-order chi connectivity index (χ1) is 7.18. The van der Waals surface area contributed by atoms with Gasteiger partial charge in [-0.1, -0.05) is 13.8 Å². The highest BCUT2D eigenvalue weighted by molar-refractivity contribution is 5.49. The Kier molecular flexibility index (Phi) is 2.94. The van der Waals surface area contributed by atoms with E-state index < -0.39 is 0 Å². The summed E-state index contributed by atoms with van der Waals surface area (Å²) in [7, 11) is 0. The van der Waals surface area contributed by atoms with Gasteiger partial charge < -0.3 is 5.32 Å². The van der Waals surface area contributed by atoms with E-state index in [9.17, 15) is 0 Å². The fourth-order valence-corrected chi connectivity index (χ4v) is 2.40. The molecule has 1 aliphatic carbocycles. The monoisotopic (exact) mass is 204 g/mol. The minimum absolute atomic E-state index is 0.640. The van der Waals surface area contributed by atoms with E-state index in [1.807, 2.05) is 12.4 Å². The van der Waals surface area contributed by atoms with Crippen LogP contribution >= 0.6 is 0 Å². The van der Waals surface area contributed by atoms with Crippen molar-refractivity contribution < 1.29 is 0 Å². The molecule has 15 heavy (non-hydrogen) atoms. The van der Waals surface area contributed by atoms with Crippen LogP contribution in [0.15, 0.2) is 18.5 Å². The Morgan fingerprint density at radius 3 is 2.73 bits per heavy atom. The number of rotatable bonds is 2. The predicted molar refractivity (Wildman–Crippen MR) is 63.9 cm³/mol. The molecule has 1 saturated carbocycles. The first-order valence-corrected chi connectivity index (χ1v) is 5.85. The van der Waals surface area contributed by atoms with Gasteiger partial charge in [0.2, 0.25) is 0 Å². The van der Waals surface area contributed by atoms with Gasteiger partial charge in [0.1, 0.15) is 0 Å². The molecular weight excluding hydrogens is 184 g/mol. The number of nitrogens with one attached hydrogen (secondary N) is 1. The summed E-state index contributed by atoms with van der Waals surface area (Å²) in [6.07, 6.45) is 6.43. The van der Waals surface area contributed by atoms with Gasteiger partial charge in [0.05, 0.1) is 0 Å². The zero-order valence-corrected chi connectivity index (χ0v) is 9.83. The molecule has 1 fully saturated rings. The molecule has 3 atom stereocenters. The van der Waals surface area contributed by atoms with Crippen LogP contribution in [-0.4, -0.2) is 11.0 Å². The van der Waals surface area contributed by atoms with Crippen LogP contribution in [0.25, 0.3) is 0 Å². The largest absolute Gasteiger partial charge is 0.382 e. The maximum Gasteiger partial charge on any atom is 0.0403 e. The second-order valence-corrected chi connectivity index (χ2v) is 4.86. The molecule has 82 valence electrons. The molecule has 1 aromatic rings. The summed E-state index contributed by atoms with van der Waals surface area (Å²) in [4.78, 5) is 4.11. The van der Waals surface area contributed by atoms with E-state index in [0.29, 0.717) is 6.04 Å². The lowest BCUT2D eigenvalue weighted by Crippen LogP contribution is -2.24. The van der Waals surface area contributed by atoms with Crippen molar-refractivity contribution in [2.75, 3.05) is 5.32 Å². The third-order valence-electron chi connectivity index (χ3n) is 3.83. The van der Waals surface area contributed by atoms with Crippen molar-refractivity contribution in [2.24, 2.45) is 11.8 Å². The summed E-state index contributed by atoms with van der Waals surface area (Å²) in [5, 5.41) is 3.65. The second-order valence-electron chi connectivity index (χ2n) is 4.86. The molecule has 0 amide bonds. The Bertz CT molecular complexity index is 335. The Hall–Kier alpha value is -1.05. The summed E-state index contributed by atoms with van der Waals surface area (Å²) in [5.41, 5.74) is 2.49. The van der Waals surface area contributed by atoms with E-state index in [1.165, 1.54) is 24.1 Å². The van der Waals surface area contributed by atoms with Crippen molar-refractivity contribution in [1.29, 1.82) is 0 Å². The smallest absolute Gasteiger partial charge is 0.0403 e. The molecule has 1 heterocycles. The maximum atomic E-state index is 4.11. The lowest BCUT2D eigenvalue weighted by Gasteiger charge is -2.21. The number of aromatic nitrogens is 1. The van der Waals surface area contributed by atoms with Gasteiger partial charge in [-0.15, -0.1) is 0 Å². The summed E-state index contributed by atoms with van der Waals surface area (Å²) in [5.74, 6) is 1.63. The summed E-state index contributed by atoms with van der Waals surface area (Å²) in [6, 6.07) is 2.71. The molecule has 0 bridgehead atoms. The highest BCUT2D eigenvalue weighted by Crippen LogP contribution is 2.33. The zero-order valence-electron chi connectivity index (χ0n) is 9.83. The minimum Gasteiger partial charge on any atom is -0.382 e. The van der Waals surface area contributed by atoms with Crippen LogP contribution in [0.4, 0.5) is 5.69 Å². The van der Waals surface area contributed by atoms with Crippen LogP contribution in [0.5, 0.6) is 0 Å². The average Bonchev–Trinajstić information content (AvgIpc) is 2.53. The summed E-state index contributed by atoms with van der Waals surface area (Å²) < 4.78 is 0. The Labute approximate surface area is 92.1 Å². The van der Waals surface area contributed by atoms with Crippen LogP contribution in [0.1, 0.15) is 32.3 Å². The highest BCUT2D eigenvalue weighted by atomic mass is 14.9. The fraction of sp³-hybridized carbons (Fsp3) is 0.615. The van der Waals surface area contributed by atoms with Gasteiger partial charge in [-0.3, -0.25) is 4.98 Å². The molecule has 1 N–H and O–H groups in total. The molecule has 0 spiro atoms. The first-order valence-electron chi connectivity index (χ1n) is 5.85. The standard InChI is InChI=1S/C13H20N2/c1-9-4-5-13(11(9)3)15-12-6-7-14-8-10(12)2/h6-9,11,13H,4-5H2,1-3H3,(H,14,15). The number of nitrogens with zero attached hydrogens (tertiary/aromatic N) is 1. The van der Waals surface area contributed by atoms with Crippen LogP contribution in [0.2, 0.25) is 0 Å². The number of anilines is 1. The molecule has 0 saturated heterocycles. The van der Waals surface area contributed by atoms with E-state index in [4.69, 9.17) is 0 Å². The molecule has 0 radical (unpaired) electrons. The van der Waals surface area contributed by atoms with E-state index in [-0.39, 0.29) is 0 Å². The van der Waals surface area contributed by atoms with Gasteiger partial charge >= 0.3 is 0 Å². The molecule has 2 nitrogen and oxygen atoms in total. The summed E-state index contributed by atoms with van der Waals surface area (Å²) in [6.45, 7) is 6.82. The minimum atomic E-state index is 0.640. The second kappa shape index (κ2) is 4.21. The SMILES string of the molecule is Cc1cnccc1NC1CCC(C)C1C. The molecule has 2 heteroatoms. The van der Waals surface area contributed by atoms with Gasteiger partial charge in [-0.25, -0.2) is 0 Å². The molecule has 3 unspecified atom stereocenters. The molecule has 2 rings (SSSR count). The van der Waals surface area contributed by atoms with Crippen LogP contribution in [0, 0.1) is 18.8 Å². The Morgan fingerprint density at radius 2 is 2.13 bits per heavy atom. The van der Waals surface area contributed by atoms with Gasteiger partial charge in [-0.2, -0.15) is 0 Å². The van der Waals surface area contributed by atoms with E-state index >= 15 is 0 Å². The Balaban J connectivity index is 2.07. The lowest BCUT2D eigenvalue weighted by atomic mass is 9.97. The molecule has 0 aliphatic heterocycles. The fourth-order valence-electron chi connectivity index (χ4n) is 2.40. The number of hydrogen-bond donors (Lipinski definition) is 1. The van der Waals surface area contributed by atoms with Crippen molar-refractivity contribution >= 4 is 5.69 Å². The molecule has 1 aromatic heterocycles. The maximum absolute atomic E-state index is 4.11. The zero-order chi connectivity index (χ0) is 10.8. The van der Waals surface area contributed by atoms with Gasteiger partial charge in [0, 0.05) is 24.1 Å². The third-order valence-corrected chi connectivity index (χ3v) is 3.83. The topological polar surface area (TPSA) is 24.9 Å². The summed E-state index contributed by atoms with van der Waals surface area (Å²) >= 11 is 0. The van der Waals surface area contributed by atoms with E-state index in [2.05, 4.69) is 37.1 Å². The molecule has 1 aliphatic rings. The quantitative estimate of drug-likeness (QED) is 0.800. The molecular formula is C13H20N2. The molecule has 0 aromatic carbocycles. The van der Waals surface area contributed by atoms with E-state index in [0.717, 1.165) is 11.8 Å². The van der Waals surface area contributed by atoms with Crippen LogP contribution in [-0.2, 0) is 0 Å². The van der Waals surface area contributed by atoms with Crippen LogP contribution in [0.3, 0.4) is 0 Å². The van der Waals surface area contributed by atoms with Crippen LogP contribution < -0.4 is 5.32 Å². The van der Waals surface area contributed by atoms with Gasteiger partial charge in [-0.05, 0) is 43.2 Å². The van der Waals surface area contributed by atoms with Crippen molar-refractivity contribution in [3.05, 3.63) is 24.0 Å². The average molecular weight is 204 g/mol. The van der Waals surface area contributed by atoms with Gasteiger partial charge in [0.25, 0.3) is 0 Å². The normalized spacial score (nSPS) is 30.5.